The first-order valence-electron chi connectivity index (χ1n) is 5.55. The van der Waals surface area contributed by atoms with Crippen LogP contribution >= 0.6 is 11.6 Å². The predicted molar refractivity (Wildman–Crippen MR) is 67.6 cm³/mol. The van der Waals surface area contributed by atoms with E-state index in [1.165, 1.54) is 18.3 Å². The van der Waals surface area contributed by atoms with E-state index in [1.54, 1.807) is 0 Å². The van der Waals surface area contributed by atoms with Crippen molar-refractivity contribution in [3.8, 4) is 0 Å². The van der Waals surface area contributed by atoms with Crippen LogP contribution in [0.2, 0.25) is 5.02 Å². The number of carboxylic acids is 1. The van der Waals surface area contributed by atoms with Gasteiger partial charge in [-0.15, -0.1) is 0 Å². The summed E-state index contributed by atoms with van der Waals surface area (Å²) >= 11 is 5.65. The molecule has 0 bridgehead atoms. The molecule has 0 spiro atoms. The number of carbonyl (C=O) groups is 2. The van der Waals surface area contributed by atoms with E-state index in [1.807, 2.05) is 13.8 Å². The fraction of sp³-hybridized carbons (Fsp3) is 0.417. The normalized spacial score (nSPS) is 12.2. The fourth-order valence-corrected chi connectivity index (χ4v) is 1.55. The standard InChI is InChI=1S/C12H15ClN2O3/c1-7(2)5-10(12(17)18)15-11(16)9-4-3-8(13)6-14-9/h3-4,6-7,10H,5H2,1-2H3,(H,15,16)(H,17,18)/t10-/m1/s1. The van der Waals surface area contributed by atoms with Crippen LogP contribution in [0.4, 0.5) is 0 Å². The van der Waals surface area contributed by atoms with Gasteiger partial charge < -0.3 is 10.4 Å². The number of nitrogens with one attached hydrogen (secondary N) is 1. The second-order valence-corrected chi connectivity index (χ2v) is 4.79. The van der Waals surface area contributed by atoms with Gasteiger partial charge in [0.05, 0.1) is 5.02 Å². The van der Waals surface area contributed by atoms with Crippen LogP contribution in [0.3, 0.4) is 0 Å². The summed E-state index contributed by atoms with van der Waals surface area (Å²) in [6.07, 6.45) is 1.71. The second kappa shape index (κ2) is 6.35. The van der Waals surface area contributed by atoms with Crippen LogP contribution in [0.1, 0.15) is 30.8 Å². The lowest BCUT2D eigenvalue weighted by molar-refractivity contribution is -0.139. The minimum atomic E-state index is -1.05. The Balaban J connectivity index is 2.72. The third kappa shape index (κ3) is 4.33. The summed E-state index contributed by atoms with van der Waals surface area (Å²) in [5.74, 6) is -1.39. The predicted octanol–water partition coefficient (Wildman–Crippen LogP) is 1.96. The third-order valence-corrected chi connectivity index (χ3v) is 2.49. The van der Waals surface area contributed by atoms with Crippen LogP contribution in [-0.4, -0.2) is 28.0 Å². The number of amides is 1. The van der Waals surface area contributed by atoms with E-state index in [0.29, 0.717) is 11.4 Å². The van der Waals surface area contributed by atoms with Crippen LogP contribution in [-0.2, 0) is 4.79 Å². The third-order valence-electron chi connectivity index (χ3n) is 2.27. The smallest absolute Gasteiger partial charge is 0.326 e. The summed E-state index contributed by atoms with van der Waals surface area (Å²) in [6.45, 7) is 3.78. The molecular weight excluding hydrogens is 256 g/mol. The first kappa shape index (κ1) is 14.4. The molecule has 0 radical (unpaired) electrons. The average molecular weight is 271 g/mol. The van der Waals surface area contributed by atoms with E-state index in [-0.39, 0.29) is 11.6 Å². The van der Waals surface area contributed by atoms with Crippen molar-refractivity contribution in [2.75, 3.05) is 0 Å². The van der Waals surface area contributed by atoms with E-state index in [2.05, 4.69) is 10.3 Å². The van der Waals surface area contributed by atoms with Crippen molar-refractivity contribution in [1.82, 2.24) is 10.3 Å². The molecule has 18 heavy (non-hydrogen) atoms. The number of hydrogen-bond acceptors (Lipinski definition) is 3. The number of hydrogen-bond donors (Lipinski definition) is 2. The number of rotatable bonds is 5. The summed E-state index contributed by atoms with van der Waals surface area (Å²) in [7, 11) is 0. The summed E-state index contributed by atoms with van der Waals surface area (Å²) in [6, 6.07) is 2.07. The maximum atomic E-state index is 11.8. The van der Waals surface area contributed by atoms with Crippen molar-refractivity contribution < 1.29 is 14.7 Å². The number of pyridine rings is 1. The summed E-state index contributed by atoms with van der Waals surface area (Å²) in [4.78, 5) is 26.6. The highest BCUT2D eigenvalue weighted by molar-refractivity contribution is 6.30. The Bertz CT molecular complexity index is 431. The number of aromatic nitrogens is 1. The van der Waals surface area contributed by atoms with Crippen molar-refractivity contribution >= 4 is 23.5 Å². The molecule has 0 aliphatic rings. The van der Waals surface area contributed by atoms with Gasteiger partial charge in [-0.2, -0.15) is 0 Å². The lowest BCUT2D eigenvalue weighted by Crippen LogP contribution is -2.41. The monoisotopic (exact) mass is 270 g/mol. The molecule has 6 heteroatoms. The van der Waals surface area contributed by atoms with Crippen LogP contribution < -0.4 is 5.32 Å². The van der Waals surface area contributed by atoms with E-state index in [0.717, 1.165) is 0 Å². The first-order valence-corrected chi connectivity index (χ1v) is 5.93. The molecule has 1 rings (SSSR count). The lowest BCUT2D eigenvalue weighted by Gasteiger charge is -2.16. The Morgan fingerprint density at radius 3 is 2.56 bits per heavy atom. The Morgan fingerprint density at radius 1 is 1.44 bits per heavy atom. The van der Waals surface area contributed by atoms with E-state index in [4.69, 9.17) is 16.7 Å². The van der Waals surface area contributed by atoms with Crippen molar-refractivity contribution in [2.45, 2.75) is 26.3 Å². The van der Waals surface area contributed by atoms with Crippen molar-refractivity contribution in [2.24, 2.45) is 5.92 Å². The van der Waals surface area contributed by atoms with Gasteiger partial charge in [0.25, 0.3) is 5.91 Å². The first-order chi connectivity index (χ1) is 8.40. The van der Waals surface area contributed by atoms with Gasteiger partial charge in [-0.1, -0.05) is 25.4 Å². The summed E-state index contributed by atoms with van der Waals surface area (Å²) in [5, 5.41) is 11.9. The number of carboxylic acid groups (broad SMARTS) is 1. The number of carbonyl (C=O) groups excluding carboxylic acids is 1. The average Bonchev–Trinajstić information content (AvgIpc) is 2.28. The van der Waals surface area contributed by atoms with Gasteiger partial charge in [0.15, 0.2) is 0 Å². The molecule has 2 N–H and O–H groups in total. The van der Waals surface area contributed by atoms with Gasteiger partial charge in [-0.25, -0.2) is 9.78 Å². The molecule has 1 heterocycles. The number of nitrogens with zero attached hydrogens (tertiary/aromatic N) is 1. The van der Waals surface area contributed by atoms with Crippen LogP contribution in [0.25, 0.3) is 0 Å². The maximum Gasteiger partial charge on any atom is 0.326 e. The van der Waals surface area contributed by atoms with Gasteiger partial charge in [0, 0.05) is 6.20 Å². The molecule has 1 atom stereocenters. The van der Waals surface area contributed by atoms with Crippen molar-refractivity contribution in [3.63, 3.8) is 0 Å². The summed E-state index contributed by atoms with van der Waals surface area (Å²) < 4.78 is 0. The second-order valence-electron chi connectivity index (χ2n) is 4.36. The summed E-state index contributed by atoms with van der Waals surface area (Å²) in [5.41, 5.74) is 0.148. The van der Waals surface area contributed by atoms with Crippen molar-refractivity contribution in [1.29, 1.82) is 0 Å². The minimum absolute atomic E-state index is 0.148. The fourth-order valence-electron chi connectivity index (χ4n) is 1.44. The van der Waals surface area contributed by atoms with E-state index < -0.39 is 17.9 Å². The highest BCUT2D eigenvalue weighted by Gasteiger charge is 2.22. The zero-order chi connectivity index (χ0) is 13.7. The molecular formula is C12H15ClN2O3. The van der Waals surface area contributed by atoms with E-state index >= 15 is 0 Å². The number of halogens is 1. The molecule has 0 fully saturated rings. The Morgan fingerprint density at radius 2 is 2.11 bits per heavy atom. The van der Waals surface area contributed by atoms with Gasteiger partial charge >= 0.3 is 5.97 Å². The van der Waals surface area contributed by atoms with Crippen LogP contribution in [0.5, 0.6) is 0 Å². The maximum absolute atomic E-state index is 11.8. The Labute approximate surface area is 110 Å². The largest absolute Gasteiger partial charge is 0.480 e. The van der Waals surface area contributed by atoms with Gasteiger partial charge in [-0.3, -0.25) is 4.79 Å². The van der Waals surface area contributed by atoms with Crippen molar-refractivity contribution in [3.05, 3.63) is 29.0 Å². The number of aliphatic carboxylic acids is 1. The zero-order valence-corrected chi connectivity index (χ0v) is 10.9. The van der Waals surface area contributed by atoms with E-state index in [9.17, 15) is 9.59 Å². The molecule has 1 aromatic heterocycles. The Hall–Kier alpha value is -1.62. The van der Waals surface area contributed by atoms with Gasteiger partial charge in [-0.05, 0) is 24.5 Å². The van der Waals surface area contributed by atoms with Gasteiger partial charge in [0.2, 0.25) is 0 Å². The van der Waals surface area contributed by atoms with Crippen LogP contribution in [0, 0.1) is 5.92 Å². The lowest BCUT2D eigenvalue weighted by atomic mass is 10.0. The molecule has 98 valence electrons. The molecule has 5 nitrogen and oxygen atoms in total. The Kier molecular flexibility index (Phi) is 5.09. The SMILES string of the molecule is CC(C)C[C@@H](NC(=O)c1ccc(Cl)cn1)C(=O)O. The molecule has 0 saturated heterocycles. The molecule has 0 aliphatic carbocycles. The molecule has 1 amide bonds. The van der Waals surface area contributed by atoms with Crippen LogP contribution in [0.15, 0.2) is 18.3 Å². The van der Waals surface area contributed by atoms with Gasteiger partial charge in [0.1, 0.15) is 11.7 Å². The highest BCUT2D eigenvalue weighted by atomic mass is 35.5. The molecule has 1 aromatic rings. The topological polar surface area (TPSA) is 79.3 Å². The molecule has 0 saturated carbocycles. The zero-order valence-electron chi connectivity index (χ0n) is 10.2. The highest BCUT2D eigenvalue weighted by Crippen LogP contribution is 2.08. The molecule has 0 unspecified atom stereocenters. The molecule has 0 aliphatic heterocycles. The molecule has 0 aromatic carbocycles. The quantitative estimate of drug-likeness (QED) is 0.857. The minimum Gasteiger partial charge on any atom is -0.480 e.